The molecule has 1 N–H and O–H groups in total. The van der Waals surface area contributed by atoms with E-state index in [0.29, 0.717) is 11.4 Å². The van der Waals surface area contributed by atoms with E-state index in [0.717, 1.165) is 11.1 Å². The quantitative estimate of drug-likeness (QED) is 0.293. The van der Waals surface area contributed by atoms with Crippen molar-refractivity contribution < 1.29 is 23.8 Å². The smallest absolute Gasteiger partial charge is 0.300 e. The molecule has 0 aliphatic carbocycles. The highest BCUT2D eigenvalue weighted by molar-refractivity contribution is 6.51. The largest absolute Gasteiger partial charge is 0.507 e. The number of furan rings is 1. The number of halogens is 2. The second kappa shape index (κ2) is 8.37. The zero-order valence-corrected chi connectivity index (χ0v) is 19.0. The Morgan fingerprint density at radius 3 is 2.38 bits per heavy atom. The van der Waals surface area contributed by atoms with E-state index >= 15 is 0 Å². The normalized spacial score (nSPS) is 17.8. The summed E-state index contributed by atoms with van der Waals surface area (Å²) in [6.07, 6.45) is 1.44. The molecule has 4 rings (SSSR count). The maximum atomic E-state index is 13.2. The predicted molar refractivity (Wildman–Crippen MR) is 122 cm³/mol. The Kier molecular flexibility index (Phi) is 5.75. The first-order valence-corrected chi connectivity index (χ1v) is 10.4. The highest BCUT2D eigenvalue weighted by atomic mass is 35.5. The number of benzene rings is 2. The van der Waals surface area contributed by atoms with Crippen LogP contribution in [0.5, 0.6) is 5.75 Å². The number of amides is 1. The molecule has 0 radical (unpaired) electrons. The molecule has 1 aliphatic rings. The van der Waals surface area contributed by atoms with Gasteiger partial charge in [0, 0.05) is 11.3 Å². The van der Waals surface area contributed by atoms with E-state index in [1.807, 2.05) is 32.0 Å². The van der Waals surface area contributed by atoms with Crippen LogP contribution in [0.3, 0.4) is 0 Å². The lowest BCUT2D eigenvalue weighted by Crippen LogP contribution is -2.30. The summed E-state index contributed by atoms with van der Waals surface area (Å²) in [5, 5.41) is 11.5. The fourth-order valence-electron chi connectivity index (χ4n) is 3.82. The molecule has 164 valence electrons. The lowest BCUT2D eigenvalue weighted by atomic mass is 9.98. The molecule has 2 heterocycles. The summed E-state index contributed by atoms with van der Waals surface area (Å²) in [7, 11) is 1.42. The Labute approximate surface area is 194 Å². The van der Waals surface area contributed by atoms with Gasteiger partial charge in [0.2, 0.25) is 0 Å². The van der Waals surface area contributed by atoms with E-state index in [1.54, 1.807) is 12.1 Å². The Morgan fingerprint density at radius 2 is 1.78 bits per heavy atom. The van der Waals surface area contributed by atoms with E-state index in [4.69, 9.17) is 32.4 Å². The van der Waals surface area contributed by atoms with E-state index in [-0.39, 0.29) is 26.9 Å². The fourth-order valence-corrected chi connectivity index (χ4v) is 4.46. The minimum atomic E-state index is -0.967. The molecule has 8 heteroatoms. The van der Waals surface area contributed by atoms with Gasteiger partial charge in [-0.15, -0.1) is 0 Å². The summed E-state index contributed by atoms with van der Waals surface area (Å²) in [6, 6.07) is 10.8. The third kappa shape index (κ3) is 3.55. The van der Waals surface area contributed by atoms with Crippen LogP contribution in [0.25, 0.3) is 5.76 Å². The zero-order chi connectivity index (χ0) is 23.2. The molecular weight excluding hydrogens is 453 g/mol. The number of aliphatic hydroxyl groups is 1. The van der Waals surface area contributed by atoms with Crippen molar-refractivity contribution in [1.29, 1.82) is 0 Å². The maximum absolute atomic E-state index is 13.2. The summed E-state index contributed by atoms with van der Waals surface area (Å²) in [6.45, 7) is 3.74. The Bertz CT molecular complexity index is 1240. The monoisotopic (exact) mass is 471 g/mol. The van der Waals surface area contributed by atoms with Gasteiger partial charge in [-0.05, 0) is 55.3 Å². The molecule has 1 aromatic heterocycles. The van der Waals surface area contributed by atoms with Crippen molar-refractivity contribution in [2.75, 3.05) is 12.0 Å². The van der Waals surface area contributed by atoms with Gasteiger partial charge in [-0.1, -0.05) is 35.3 Å². The zero-order valence-electron chi connectivity index (χ0n) is 17.5. The second-order valence-electron chi connectivity index (χ2n) is 7.45. The number of carbonyl (C=O) groups excluding carboxylic acids is 2. The van der Waals surface area contributed by atoms with E-state index in [9.17, 15) is 14.7 Å². The van der Waals surface area contributed by atoms with Gasteiger partial charge in [0.25, 0.3) is 11.7 Å². The molecule has 0 saturated carbocycles. The van der Waals surface area contributed by atoms with Gasteiger partial charge in [0.05, 0.1) is 29.0 Å². The van der Waals surface area contributed by atoms with Crippen LogP contribution in [0.2, 0.25) is 10.0 Å². The van der Waals surface area contributed by atoms with Crippen molar-refractivity contribution in [3.05, 3.63) is 86.8 Å². The van der Waals surface area contributed by atoms with E-state index < -0.39 is 23.5 Å². The van der Waals surface area contributed by atoms with E-state index in [2.05, 4.69) is 0 Å². The van der Waals surface area contributed by atoms with Crippen molar-refractivity contribution >= 4 is 46.3 Å². The number of hydrogen-bond donors (Lipinski definition) is 1. The number of methoxy groups -OCH3 is 1. The van der Waals surface area contributed by atoms with E-state index in [1.165, 1.54) is 30.4 Å². The van der Waals surface area contributed by atoms with Crippen LogP contribution in [-0.4, -0.2) is 23.9 Å². The summed E-state index contributed by atoms with van der Waals surface area (Å²) in [5.41, 5.74) is 2.32. The SMILES string of the molecule is COc1c(Cl)cc(/C(O)=C2/C(=O)C(=O)N(c3cc(C)ccc3C)C2c2ccco2)cc1Cl. The Hall–Kier alpha value is -3.22. The van der Waals surface area contributed by atoms with Crippen LogP contribution in [0.4, 0.5) is 5.69 Å². The molecule has 0 bridgehead atoms. The highest BCUT2D eigenvalue weighted by Crippen LogP contribution is 2.44. The average Bonchev–Trinajstić information content (AvgIpc) is 3.36. The molecule has 3 aromatic rings. The maximum Gasteiger partial charge on any atom is 0.300 e. The van der Waals surface area contributed by atoms with Gasteiger partial charge in [-0.3, -0.25) is 14.5 Å². The van der Waals surface area contributed by atoms with Crippen LogP contribution < -0.4 is 9.64 Å². The van der Waals surface area contributed by atoms with Crippen molar-refractivity contribution in [2.24, 2.45) is 0 Å². The number of ketones is 1. The lowest BCUT2D eigenvalue weighted by Gasteiger charge is -2.25. The number of anilines is 1. The number of hydrogen-bond acceptors (Lipinski definition) is 5. The number of ether oxygens (including phenoxy) is 1. The Balaban J connectivity index is 1.96. The number of Topliss-reactive ketones (excluding diaryl/α,β-unsaturated/α-hetero) is 1. The Morgan fingerprint density at radius 1 is 1.09 bits per heavy atom. The number of rotatable bonds is 4. The average molecular weight is 472 g/mol. The van der Waals surface area contributed by atoms with Gasteiger partial charge in [-0.2, -0.15) is 0 Å². The minimum Gasteiger partial charge on any atom is -0.507 e. The molecule has 1 unspecified atom stereocenters. The number of aliphatic hydroxyl groups excluding tert-OH is 1. The summed E-state index contributed by atoms with van der Waals surface area (Å²) in [4.78, 5) is 27.7. The summed E-state index contributed by atoms with van der Waals surface area (Å²) in [5.74, 6) is -1.45. The topological polar surface area (TPSA) is 80.0 Å². The number of carbonyl (C=O) groups is 2. The third-order valence-electron chi connectivity index (χ3n) is 5.36. The van der Waals surface area contributed by atoms with Crippen molar-refractivity contribution in [2.45, 2.75) is 19.9 Å². The number of nitrogens with zero attached hydrogens (tertiary/aromatic N) is 1. The van der Waals surface area contributed by atoms with Crippen molar-refractivity contribution in [1.82, 2.24) is 0 Å². The van der Waals surface area contributed by atoms with Gasteiger partial charge < -0.3 is 14.3 Å². The van der Waals surface area contributed by atoms with Crippen LogP contribution >= 0.6 is 23.2 Å². The molecule has 32 heavy (non-hydrogen) atoms. The van der Waals surface area contributed by atoms with Gasteiger partial charge >= 0.3 is 0 Å². The molecule has 2 aromatic carbocycles. The molecular formula is C24H19Cl2NO5. The minimum absolute atomic E-state index is 0.122. The van der Waals surface area contributed by atoms with Crippen LogP contribution in [-0.2, 0) is 9.59 Å². The van der Waals surface area contributed by atoms with Gasteiger partial charge in [0.1, 0.15) is 17.6 Å². The molecule has 6 nitrogen and oxygen atoms in total. The predicted octanol–water partition coefficient (Wildman–Crippen LogP) is 5.84. The first kappa shape index (κ1) is 22.0. The molecule has 0 spiro atoms. The summed E-state index contributed by atoms with van der Waals surface area (Å²) >= 11 is 12.5. The van der Waals surface area contributed by atoms with Gasteiger partial charge in [-0.25, -0.2) is 0 Å². The highest BCUT2D eigenvalue weighted by Gasteiger charge is 2.48. The first-order valence-electron chi connectivity index (χ1n) is 9.69. The molecule has 1 aliphatic heterocycles. The molecule has 1 saturated heterocycles. The third-order valence-corrected chi connectivity index (χ3v) is 5.92. The fraction of sp³-hybridized carbons (Fsp3) is 0.167. The van der Waals surface area contributed by atoms with Gasteiger partial charge in [0.15, 0.2) is 5.75 Å². The first-order chi connectivity index (χ1) is 15.2. The van der Waals surface area contributed by atoms with Crippen LogP contribution in [0.15, 0.2) is 58.7 Å². The molecule has 1 atom stereocenters. The number of aryl methyl sites for hydroxylation is 2. The van der Waals surface area contributed by atoms with Crippen molar-refractivity contribution in [3.63, 3.8) is 0 Å². The second-order valence-corrected chi connectivity index (χ2v) is 8.26. The molecule has 1 amide bonds. The van der Waals surface area contributed by atoms with Crippen molar-refractivity contribution in [3.8, 4) is 5.75 Å². The van der Waals surface area contributed by atoms with Crippen LogP contribution in [0.1, 0.15) is 28.5 Å². The molecule has 1 fully saturated rings. The standard InChI is InChI=1S/C24H19Cl2NO5/c1-12-6-7-13(2)17(9-12)27-20(18-5-4-8-32-18)19(22(29)24(27)30)21(28)14-10-15(25)23(31-3)16(26)11-14/h4-11,20,28H,1-3H3/b21-19-. The lowest BCUT2D eigenvalue weighted by molar-refractivity contribution is -0.132. The van der Waals surface area contributed by atoms with Crippen LogP contribution in [0, 0.1) is 13.8 Å². The summed E-state index contributed by atoms with van der Waals surface area (Å²) < 4.78 is 10.7.